The monoisotopic (exact) mass is 237 g/mol. The first-order valence-corrected chi connectivity index (χ1v) is 5.11. The molecule has 1 N–H and O–H groups in total. The zero-order chi connectivity index (χ0) is 12.9. The molecule has 0 aliphatic carbocycles. The molecular weight excluding hydrogens is 222 g/mol. The number of hydrogen-bond donors (Lipinski definition) is 1. The van der Waals surface area contributed by atoms with Crippen molar-refractivity contribution in [3.05, 3.63) is 24.3 Å². The first-order valence-electron chi connectivity index (χ1n) is 5.11. The summed E-state index contributed by atoms with van der Waals surface area (Å²) in [5, 5.41) is 2.64. The number of amides is 1. The van der Waals surface area contributed by atoms with E-state index in [9.17, 15) is 9.59 Å². The maximum absolute atomic E-state index is 10.8. The molecule has 0 fully saturated rings. The zero-order valence-electron chi connectivity index (χ0n) is 10.0. The highest BCUT2D eigenvalue weighted by Crippen LogP contribution is 2.21. The Balaban J connectivity index is 2.68. The van der Waals surface area contributed by atoms with E-state index in [-0.39, 0.29) is 5.91 Å². The highest BCUT2D eigenvalue weighted by atomic mass is 16.7. The van der Waals surface area contributed by atoms with E-state index < -0.39 is 5.79 Å². The second-order valence-corrected chi connectivity index (χ2v) is 3.92. The highest BCUT2D eigenvalue weighted by molar-refractivity contribution is 5.88. The van der Waals surface area contributed by atoms with E-state index in [0.29, 0.717) is 17.9 Å². The first-order chi connectivity index (χ1) is 7.93. The Labute approximate surface area is 99.7 Å². The molecule has 0 radical (unpaired) electrons. The third kappa shape index (κ3) is 4.55. The van der Waals surface area contributed by atoms with Gasteiger partial charge in [0.05, 0.1) is 0 Å². The lowest BCUT2D eigenvalue weighted by Gasteiger charge is -2.24. The van der Waals surface area contributed by atoms with Crippen LogP contribution in [0.5, 0.6) is 5.75 Å². The van der Waals surface area contributed by atoms with Crippen LogP contribution in [0.3, 0.4) is 0 Å². The van der Waals surface area contributed by atoms with Gasteiger partial charge >= 0.3 is 0 Å². The van der Waals surface area contributed by atoms with Crippen LogP contribution in [-0.4, -0.2) is 18.2 Å². The lowest BCUT2D eigenvalue weighted by molar-refractivity contribution is -0.170. The molecule has 1 amide bonds. The molecule has 1 aromatic carbocycles. The molecule has 0 heterocycles. The highest BCUT2D eigenvalue weighted by Gasteiger charge is 2.20. The van der Waals surface area contributed by atoms with E-state index in [1.807, 2.05) is 0 Å². The Kier molecular flexibility index (Phi) is 4.09. The number of rotatable bonds is 5. The molecule has 0 bridgehead atoms. The van der Waals surface area contributed by atoms with Crippen LogP contribution in [0.15, 0.2) is 24.3 Å². The molecule has 1 rings (SSSR count). The van der Waals surface area contributed by atoms with Crippen LogP contribution in [0.25, 0.3) is 0 Å². The molecule has 5 nitrogen and oxygen atoms in total. The van der Waals surface area contributed by atoms with E-state index in [4.69, 9.17) is 9.47 Å². The fraction of sp³-hybridized carbons (Fsp3) is 0.333. The number of ether oxygens (including phenoxy) is 2. The molecule has 0 aliphatic rings. The number of nitrogens with one attached hydrogen (secondary N) is 1. The summed E-state index contributed by atoms with van der Waals surface area (Å²) >= 11 is 0. The minimum absolute atomic E-state index is 0.136. The molecule has 0 unspecified atom stereocenters. The van der Waals surface area contributed by atoms with Crippen LogP contribution in [0.1, 0.15) is 20.8 Å². The van der Waals surface area contributed by atoms with Crippen LogP contribution in [0.2, 0.25) is 0 Å². The van der Waals surface area contributed by atoms with Crippen LogP contribution in [0, 0.1) is 0 Å². The third-order valence-electron chi connectivity index (χ3n) is 1.87. The van der Waals surface area contributed by atoms with Crippen molar-refractivity contribution < 1.29 is 19.1 Å². The number of hydrogen-bond acceptors (Lipinski definition) is 4. The summed E-state index contributed by atoms with van der Waals surface area (Å²) in [6.45, 7) is 5.03. The summed E-state index contributed by atoms with van der Waals surface area (Å²) in [4.78, 5) is 21.0. The summed E-state index contributed by atoms with van der Waals surface area (Å²) in [5.74, 6) is -0.605. The molecule has 17 heavy (non-hydrogen) atoms. The quantitative estimate of drug-likeness (QED) is 0.627. The van der Waals surface area contributed by atoms with Gasteiger partial charge in [-0.05, 0) is 24.3 Å². The van der Waals surface area contributed by atoms with Crippen LogP contribution >= 0.6 is 0 Å². The van der Waals surface area contributed by atoms with Crippen molar-refractivity contribution in [3.8, 4) is 5.75 Å². The van der Waals surface area contributed by atoms with Gasteiger partial charge in [0.25, 0.3) is 6.47 Å². The van der Waals surface area contributed by atoms with Gasteiger partial charge in [0, 0.05) is 26.5 Å². The number of benzene rings is 1. The normalized spacial score (nSPS) is 10.5. The van der Waals surface area contributed by atoms with Crippen molar-refractivity contribution >= 4 is 18.1 Å². The minimum atomic E-state index is -1.02. The van der Waals surface area contributed by atoms with Crippen LogP contribution in [0.4, 0.5) is 5.69 Å². The zero-order valence-corrected chi connectivity index (χ0v) is 10.0. The van der Waals surface area contributed by atoms with Crippen LogP contribution in [-0.2, 0) is 14.3 Å². The van der Waals surface area contributed by atoms with E-state index in [1.54, 1.807) is 38.1 Å². The Bertz CT molecular complexity index is 397. The summed E-state index contributed by atoms with van der Waals surface area (Å²) in [6, 6.07) is 6.77. The molecular formula is C12H15NO4. The van der Waals surface area contributed by atoms with Gasteiger partial charge < -0.3 is 14.8 Å². The fourth-order valence-electron chi connectivity index (χ4n) is 1.23. The van der Waals surface area contributed by atoms with Gasteiger partial charge in [-0.3, -0.25) is 9.59 Å². The van der Waals surface area contributed by atoms with Gasteiger partial charge in [-0.1, -0.05) is 0 Å². The van der Waals surface area contributed by atoms with Crippen molar-refractivity contribution in [2.24, 2.45) is 0 Å². The van der Waals surface area contributed by atoms with Crippen LogP contribution < -0.4 is 10.1 Å². The van der Waals surface area contributed by atoms with Gasteiger partial charge in [-0.15, -0.1) is 0 Å². The number of carbonyl (C=O) groups excluding carboxylic acids is 2. The summed E-state index contributed by atoms with van der Waals surface area (Å²) < 4.78 is 10.2. The summed E-state index contributed by atoms with van der Waals surface area (Å²) in [5.41, 5.74) is 0.680. The molecule has 0 spiro atoms. The van der Waals surface area contributed by atoms with Crippen molar-refractivity contribution in [1.29, 1.82) is 0 Å². The molecule has 0 aromatic heterocycles. The topological polar surface area (TPSA) is 64.6 Å². The predicted molar refractivity (Wildman–Crippen MR) is 62.6 cm³/mol. The second-order valence-electron chi connectivity index (χ2n) is 3.92. The molecule has 0 aliphatic heterocycles. The van der Waals surface area contributed by atoms with Gasteiger partial charge in [-0.25, -0.2) is 0 Å². The summed E-state index contributed by atoms with van der Waals surface area (Å²) in [6.07, 6.45) is 0. The molecule has 0 saturated heterocycles. The largest absolute Gasteiger partial charge is 0.453 e. The maximum atomic E-state index is 10.8. The molecule has 92 valence electrons. The van der Waals surface area contributed by atoms with Gasteiger partial charge in [0.15, 0.2) is 0 Å². The number of carbonyl (C=O) groups is 2. The predicted octanol–water partition coefficient (Wildman–Crippen LogP) is 1.93. The Morgan fingerprint density at radius 1 is 1.29 bits per heavy atom. The standard InChI is InChI=1S/C12H15NO4/c1-9(15)13-10-4-6-11(7-5-10)17-12(2,3)16-8-14/h4-8H,1-3H3,(H,13,15). The average molecular weight is 237 g/mol. The fourth-order valence-corrected chi connectivity index (χ4v) is 1.23. The summed E-state index contributed by atoms with van der Waals surface area (Å²) in [7, 11) is 0. The first kappa shape index (κ1) is 13.0. The van der Waals surface area contributed by atoms with Gasteiger partial charge in [0.1, 0.15) is 5.75 Å². The maximum Gasteiger partial charge on any atom is 0.296 e. The Hall–Kier alpha value is -2.04. The third-order valence-corrected chi connectivity index (χ3v) is 1.87. The Morgan fingerprint density at radius 3 is 2.35 bits per heavy atom. The van der Waals surface area contributed by atoms with Crippen molar-refractivity contribution in [3.63, 3.8) is 0 Å². The smallest absolute Gasteiger partial charge is 0.296 e. The molecule has 5 heteroatoms. The van der Waals surface area contributed by atoms with Gasteiger partial charge in [-0.2, -0.15) is 0 Å². The van der Waals surface area contributed by atoms with Crippen molar-refractivity contribution in [2.75, 3.05) is 5.32 Å². The molecule has 0 atom stereocenters. The van der Waals surface area contributed by atoms with Gasteiger partial charge in [0.2, 0.25) is 11.7 Å². The van der Waals surface area contributed by atoms with E-state index in [2.05, 4.69) is 5.32 Å². The lowest BCUT2D eigenvalue weighted by Crippen LogP contribution is -2.31. The van der Waals surface area contributed by atoms with Crippen molar-refractivity contribution in [1.82, 2.24) is 0 Å². The minimum Gasteiger partial charge on any atom is -0.453 e. The SMILES string of the molecule is CC(=O)Nc1ccc(OC(C)(C)OC=O)cc1. The lowest BCUT2D eigenvalue weighted by atomic mass is 10.3. The average Bonchev–Trinajstić information content (AvgIpc) is 2.19. The number of anilines is 1. The van der Waals surface area contributed by atoms with E-state index in [1.165, 1.54) is 6.92 Å². The Morgan fingerprint density at radius 2 is 1.88 bits per heavy atom. The molecule has 0 saturated carbocycles. The van der Waals surface area contributed by atoms with E-state index >= 15 is 0 Å². The van der Waals surface area contributed by atoms with Crippen molar-refractivity contribution in [2.45, 2.75) is 26.6 Å². The molecule has 1 aromatic rings. The van der Waals surface area contributed by atoms with E-state index in [0.717, 1.165) is 0 Å². The second kappa shape index (κ2) is 5.34.